The summed E-state index contributed by atoms with van der Waals surface area (Å²) < 4.78 is 0.713. The molecule has 0 unspecified atom stereocenters. The smallest absolute Gasteiger partial charge is 0.255 e. The summed E-state index contributed by atoms with van der Waals surface area (Å²) in [4.78, 5) is 23.5. The average molecular weight is 363 g/mol. The predicted octanol–water partition coefficient (Wildman–Crippen LogP) is 2.44. The number of halogens is 1. The second-order valence-electron chi connectivity index (χ2n) is 4.62. The van der Waals surface area contributed by atoms with Crippen LogP contribution in [0.5, 0.6) is 5.75 Å². The first-order valence-electron chi connectivity index (χ1n) is 6.59. The number of amides is 2. The molecular weight excluding hydrogens is 348 g/mol. The van der Waals surface area contributed by atoms with Crippen molar-refractivity contribution in [2.24, 2.45) is 0 Å². The Morgan fingerprint density at radius 2 is 1.77 bits per heavy atom. The molecule has 2 rings (SSSR count). The van der Waals surface area contributed by atoms with Crippen LogP contribution in [0.25, 0.3) is 0 Å². The number of phenols is 1. The van der Waals surface area contributed by atoms with Crippen molar-refractivity contribution in [3.05, 3.63) is 63.6 Å². The third kappa shape index (κ3) is 3.85. The summed E-state index contributed by atoms with van der Waals surface area (Å²) in [5.41, 5.74) is 1.62. The third-order valence-electron chi connectivity index (χ3n) is 3.10. The molecule has 0 bridgehead atoms. The van der Waals surface area contributed by atoms with Crippen molar-refractivity contribution in [1.82, 2.24) is 10.6 Å². The second-order valence-corrected chi connectivity index (χ2v) is 5.54. The van der Waals surface area contributed by atoms with Gasteiger partial charge in [-0.15, -0.1) is 0 Å². The molecule has 2 amide bonds. The zero-order valence-corrected chi connectivity index (χ0v) is 13.5. The molecule has 0 saturated carbocycles. The molecule has 0 heterocycles. The van der Waals surface area contributed by atoms with Crippen LogP contribution in [0.2, 0.25) is 0 Å². The molecule has 5 nitrogen and oxygen atoms in total. The normalized spacial score (nSPS) is 10.1. The Bertz CT molecular complexity index is 699. The number of hydrogen-bond donors (Lipinski definition) is 3. The summed E-state index contributed by atoms with van der Waals surface area (Å²) in [5, 5.41) is 15.0. The zero-order valence-electron chi connectivity index (χ0n) is 11.9. The number of carbonyl (C=O) groups is 2. The lowest BCUT2D eigenvalue weighted by Crippen LogP contribution is -2.23. The van der Waals surface area contributed by atoms with Crippen molar-refractivity contribution in [1.29, 1.82) is 0 Å². The summed E-state index contributed by atoms with van der Waals surface area (Å²) in [6.45, 7) is 0.304. The maximum atomic E-state index is 12.1. The van der Waals surface area contributed by atoms with Crippen LogP contribution in [-0.2, 0) is 6.54 Å². The monoisotopic (exact) mass is 362 g/mol. The van der Waals surface area contributed by atoms with Crippen LogP contribution in [0.3, 0.4) is 0 Å². The number of aromatic hydroxyl groups is 1. The fourth-order valence-corrected chi connectivity index (χ4v) is 2.25. The molecule has 0 aliphatic rings. The van der Waals surface area contributed by atoms with Gasteiger partial charge in [-0.1, -0.05) is 28.1 Å². The number of benzene rings is 2. The van der Waals surface area contributed by atoms with Crippen LogP contribution in [0.1, 0.15) is 26.3 Å². The first kappa shape index (κ1) is 16.0. The van der Waals surface area contributed by atoms with Crippen molar-refractivity contribution in [3.63, 3.8) is 0 Å². The topological polar surface area (TPSA) is 78.4 Å². The van der Waals surface area contributed by atoms with E-state index in [0.717, 1.165) is 5.56 Å². The summed E-state index contributed by atoms with van der Waals surface area (Å²) in [5.74, 6) is -0.598. The van der Waals surface area contributed by atoms with Crippen LogP contribution in [0, 0.1) is 0 Å². The van der Waals surface area contributed by atoms with Crippen LogP contribution < -0.4 is 10.6 Å². The van der Waals surface area contributed by atoms with E-state index in [-0.39, 0.29) is 23.1 Å². The van der Waals surface area contributed by atoms with Gasteiger partial charge in [0.2, 0.25) is 0 Å². The van der Waals surface area contributed by atoms with Gasteiger partial charge in [0.25, 0.3) is 11.8 Å². The van der Waals surface area contributed by atoms with Gasteiger partial charge in [-0.3, -0.25) is 9.59 Å². The fourth-order valence-electron chi connectivity index (χ4n) is 1.89. The lowest BCUT2D eigenvalue weighted by Gasteiger charge is -2.08. The Morgan fingerprint density at radius 3 is 2.41 bits per heavy atom. The fraction of sp³-hybridized carbons (Fsp3) is 0.125. The maximum Gasteiger partial charge on any atom is 0.255 e. The van der Waals surface area contributed by atoms with Crippen molar-refractivity contribution in [2.75, 3.05) is 7.05 Å². The Hall–Kier alpha value is -2.34. The van der Waals surface area contributed by atoms with Crippen LogP contribution in [-0.4, -0.2) is 24.0 Å². The standard InChI is InChI=1S/C16H15BrN2O3/c1-18-15(21)11-4-2-10(3-5-11)9-19-16(22)13-8-12(17)6-7-14(13)20/h2-8,20H,9H2,1H3,(H,18,21)(H,19,22). The van der Waals surface area contributed by atoms with Gasteiger partial charge >= 0.3 is 0 Å². The van der Waals surface area contributed by atoms with Crippen molar-refractivity contribution < 1.29 is 14.7 Å². The SMILES string of the molecule is CNC(=O)c1ccc(CNC(=O)c2cc(Br)ccc2O)cc1. The van der Waals surface area contributed by atoms with E-state index in [2.05, 4.69) is 26.6 Å². The number of rotatable bonds is 4. The average Bonchev–Trinajstić information content (AvgIpc) is 2.54. The highest BCUT2D eigenvalue weighted by Crippen LogP contribution is 2.21. The molecule has 2 aromatic carbocycles. The van der Waals surface area contributed by atoms with Gasteiger partial charge in [-0.2, -0.15) is 0 Å². The Balaban J connectivity index is 2.02. The van der Waals surface area contributed by atoms with E-state index in [1.165, 1.54) is 6.07 Å². The van der Waals surface area contributed by atoms with E-state index in [9.17, 15) is 14.7 Å². The van der Waals surface area contributed by atoms with Gasteiger partial charge in [0.15, 0.2) is 0 Å². The zero-order chi connectivity index (χ0) is 16.1. The predicted molar refractivity (Wildman–Crippen MR) is 86.8 cm³/mol. The van der Waals surface area contributed by atoms with E-state index >= 15 is 0 Å². The van der Waals surface area contributed by atoms with Crippen LogP contribution in [0.4, 0.5) is 0 Å². The highest BCUT2D eigenvalue weighted by atomic mass is 79.9. The van der Waals surface area contributed by atoms with E-state index in [0.29, 0.717) is 16.6 Å². The van der Waals surface area contributed by atoms with Crippen LogP contribution >= 0.6 is 15.9 Å². The van der Waals surface area contributed by atoms with Gasteiger partial charge in [0.05, 0.1) is 5.56 Å². The summed E-state index contributed by atoms with van der Waals surface area (Å²) >= 11 is 3.26. The van der Waals surface area contributed by atoms with Gasteiger partial charge in [-0.05, 0) is 35.9 Å². The Morgan fingerprint density at radius 1 is 1.09 bits per heavy atom. The number of phenolic OH excluding ortho intramolecular Hbond substituents is 1. The number of hydrogen-bond acceptors (Lipinski definition) is 3. The molecule has 3 N–H and O–H groups in total. The molecule has 22 heavy (non-hydrogen) atoms. The largest absolute Gasteiger partial charge is 0.507 e. The van der Waals surface area contributed by atoms with Crippen LogP contribution in [0.15, 0.2) is 46.9 Å². The highest BCUT2D eigenvalue weighted by molar-refractivity contribution is 9.10. The minimum Gasteiger partial charge on any atom is -0.507 e. The Labute approximate surface area is 136 Å². The first-order valence-corrected chi connectivity index (χ1v) is 7.38. The summed E-state index contributed by atoms with van der Waals surface area (Å²) in [7, 11) is 1.57. The van der Waals surface area contributed by atoms with Gasteiger partial charge < -0.3 is 15.7 Å². The van der Waals surface area contributed by atoms with E-state index in [4.69, 9.17) is 0 Å². The molecule has 0 fully saturated rings. The van der Waals surface area contributed by atoms with E-state index in [1.54, 1.807) is 43.4 Å². The lowest BCUT2D eigenvalue weighted by molar-refractivity contribution is 0.0943. The first-order chi connectivity index (χ1) is 10.5. The summed E-state index contributed by atoms with van der Waals surface area (Å²) in [6, 6.07) is 11.6. The molecular formula is C16H15BrN2O3. The van der Waals surface area contributed by atoms with E-state index in [1.807, 2.05) is 0 Å². The van der Waals surface area contributed by atoms with Crippen molar-refractivity contribution >= 4 is 27.7 Å². The maximum absolute atomic E-state index is 12.1. The number of carbonyl (C=O) groups excluding carboxylic acids is 2. The molecule has 0 aliphatic carbocycles. The van der Waals surface area contributed by atoms with Gasteiger partial charge in [-0.25, -0.2) is 0 Å². The molecule has 0 aliphatic heterocycles. The molecule has 2 aromatic rings. The minimum absolute atomic E-state index is 0.0735. The quantitative estimate of drug-likeness (QED) is 0.781. The molecule has 114 valence electrons. The van der Waals surface area contributed by atoms with Crippen molar-refractivity contribution in [3.8, 4) is 5.75 Å². The molecule has 0 aromatic heterocycles. The molecule has 0 saturated heterocycles. The van der Waals surface area contributed by atoms with Gasteiger partial charge in [0.1, 0.15) is 5.75 Å². The molecule has 0 atom stereocenters. The summed E-state index contributed by atoms with van der Waals surface area (Å²) in [6.07, 6.45) is 0. The third-order valence-corrected chi connectivity index (χ3v) is 3.59. The molecule has 0 spiro atoms. The highest BCUT2D eigenvalue weighted by Gasteiger charge is 2.11. The second kappa shape index (κ2) is 7.09. The Kier molecular flexibility index (Phi) is 5.16. The lowest BCUT2D eigenvalue weighted by atomic mass is 10.1. The van der Waals surface area contributed by atoms with Gasteiger partial charge in [0, 0.05) is 23.6 Å². The minimum atomic E-state index is -0.367. The molecule has 6 heteroatoms. The van der Waals surface area contributed by atoms with E-state index < -0.39 is 0 Å². The molecule has 0 radical (unpaired) electrons. The van der Waals surface area contributed by atoms with Crippen molar-refractivity contribution in [2.45, 2.75) is 6.54 Å². The number of nitrogens with one attached hydrogen (secondary N) is 2.